The van der Waals surface area contributed by atoms with Gasteiger partial charge in [-0.2, -0.15) is 0 Å². The van der Waals surface area contributed by atoms with E-state index < -0.39 is 0 Å². The van der Waals surface area contributed by atoms with E-state index in [1.165, 1.54) is 41.4 Å². The zero-order valence-corrected chi connectivity index (χ0v) is 11.6. The molecule has 0 amide bonds. The fourth-order valence-corrected chi connectivity index (χ4v) is 3.19. The Balaban J connectivity index is 1.87. The molecule has 1 aliphatic carbocycles. The number of benzene rings is 2. The van der Waals surface area contributed by atoms with Crippen molar-refractivity contribution in [3.8, 4) is 11.3 Å². The molecule has 0 N–H and O–H groups in total. The van der Waals surface area contributed by atoms with E-state index in [9.17, 15) is 0 Å². The first-order valence-electron chi connectivity index (χ1n) is 7.55. The van der Waals surface area contributed by atoms with Crippen LogP contribution in [-0.4, -0.2) is 4.57 Å². The normalized spacial score (nSPS) is 15.4. The lowest BCUT2D eigenvalue weighted by atomic mass is 9.85. The predicted octanol–water partition coefficient (Wildman–Crippen LogP) is 5.11. The highest BCUT2D eigenvalue weighted by Crippen LogP contribution is 2.33. The summed E-state index contributed by atoms with van der Waals surface area (Å²) < 4.78 is 2.52. The minimum Gasteiger partial charge on any atom is -0.340 e. The number of para-hydroxylation sites is 1. The van der Waals surface area contributed by atoms with Gasteiger partial charge in [0, 0.05) is 23.1 Å². The molecule has 3 aromatic rings. The molecular formula is C19H19N. The molecule has 0 aliphatic heterocycles. The monoisotopic (exact) mass is 261 g/mol. The van der Waals surface area contributed by atoms with Gasteiger partial charge in [-0.05, 0) is 36.5 Å². The minimum absolute atomic E-state index is 0.869. The summed E-state index contributed by atoms with van der Waals surface area (Å²) in [5, 5.41) is 1.35. The largest absolute Gasteiger partial charge is 0.340 e. The van der Waals surface area contributed by atoms with Gasteiger partial charge in [-0.15, -0.1) is 0 Å². The number of fused-ring (bicyclic) bond motifs is 1. The van der Waals surface area contributed by atoms with Gasteiger partial charge in [0.15, 0.2) is 0 Å². The molecule has 1 heterocycles. The van der Waals surface area contributed by atoms with E-state index in [0.29, 0.717) is 0 Å². The number of rotatable bonds is 3. The van der Waals surface area contributed by atoms with Crippen molar-refractivity contribution in [2.45, 2.75) is 25.8 Å². The molecule has 0 bridgehead atoms. The lowest BCUT2D eigenvalue weighted by molar-refractivity contribution is 0.281. The van der Waals surface area contributed by atoms with E-state index in [1.54, 1.807) is 0 Å². The number of hydrogen-bond acceptors (Lipinski definition) is 0. The summed E-state index contributed by atoms with van der Waals surface area (Å²) in [6, 6.07) is 21.8. The molecule has 0 saturated heterocycles. The van der Waals surface area contributed by atoms with Gasteiger partial charge in [-0.3, -0.25) is 0 Å². The summed E-state index contributed by atoms with van der Waals surface area (Å²) in [5.41, 5.74) is 4.06. The molecule has 1 aliphatic rings. The van der Waals surface area contributed by atoms with E-state index >= 15 is 0 Å². The molecule has 1 saturated carbocycles. The van der Waals surface area contributed by atoms with Gasteiger partial charge in [-0.1, -0.05) is 55.0 Å². The lowest BCUT2D eigenvalue weighted by Crippen LogP contribution is -2.18. The minimum atomic E-state index is 0.869. The van der Waals surface area contributed by atoms with Crippen molar-refractivity contribution in [3.63, 3.8) is 0 Å². The van der Waals surface area contributed by atoms with Gasteiger partial charge in [-0.25, -0.2) is 0 Å². The molecule has 20 heavy (non-hydrogen) atoms. The van der Waals surface area contributed by atoms with E-state index in [1.807, 2.05) is 0 Å². The zero-order chi connectivity index (χ0) is 13.4. The molecule has 1 aromatic heterocycles. The summed E-state index contributed by atoms with van der Waals surface area (Å²) in [5.74, 6) is 0.869. The molecule has 0 unspecified atom stereocenters. The third-order valence-corrected chi connectivity index (χ3v) is 4.55. The molecule has 100 valence electrons. The Morgan fingerprint density at radius 3 is 2.40 bits per heavy atom. The van der Waals surface area contributed by atoms with Gasteiger partial charge in [0.1, 0.15) is 0 Å². The maximum atomic E-state index is 2.52. The van der Waals surface area contributed by atoms with Crippen molar-refractivity contribution in [2.24, 2.45) is 5.92 Å². The van der Waals surface area contributed by atoms with Crippen molar-refractivity contribution in [1.29, 1.82) is 0 Å². The summed E-state index contributed by atoms with van der Waals surface area (Å²) in [7, 11) is 0. The van der Waals surface area contributed by atoms with Crippen LogP contribution in [-0.2, 0) is 6.54 Å². The third-order valence-electron chi connectivity index (χ3n) is 4.55. The molecule has 1 fully saturated rings. The van der Waals surface area contributed by atoms with Crippen molar-refractivity contribution in [1.82, 2.24) is 4.57 Å². The van der Waals surface area contributed by atoms with Crippen LogP contribution in [0.5, 0.6) is 0 Å². The Bertz CT molecular complexity index is 720. The van der Waals surface area contributed by atoms with E-state index in [4.69, 9.17) is 0 Å². The summed E-state index contributed by atoms with van der Waals surface area (Å²) in [6.07, 6.45) is 4.19. The second-order valence-electron chi connectivity index (χ2n) is 5.86. The SMILES string of the molecule is c1ccc(-c2cc3ccccc3n2CC2CCC2)cc1. The molecular weight excluding hydrogens is 242 g/mol. The van der Waals surface area contributed by atoms with Crippen molar-refractivity contribution in [3.05, 3.63) is 60.7 Å². The molecule has 0 spiro atoms. The number of nitrogens with zero attached hydrogens (tertiary/aromatic N) is 1. The Morgan fingerprint density at radius 1 is 0.900 bits per heavy atom. The van der Waals surface area contributed by atoms with Crippen molar-refractivity contribution in [2.75, 3.05) is 0 Å². The van der Waals surface area contributed by atoms with Crippen LogP contribution in [0.15, 0.2) is 60.7 Å². The molecule has 0 radical (unpaired) electrons. The van der Waals surface area contributed by atoms with Crippen molar-refractivity contribution < 1.29 is 0 Å². The Hall–Kier alpha value is -2.02. The van der Waals surface area contributed by atoms with Crippen LogP contribution in [0.4, 0.5) is 0 Å². The van der Waals surface area contributed by atoms with Crippen LogP contribution in [0.2, 0.25) is 0 Å². The predicted molar refractivity (Wildman–Crippen MR) is 84.7 cm³/mol. The van der Waals surface area contributed by atoms with Crippen molar-refractivity contribution >= 4 is 10.9 Å². The average Bonchev–Trinajstić information content (AvgIpc) is 2.82. The zero-order valence-electron chi connectivity index (χ0n) is 11.6. The first-order valence-corrected chi connectivity index (χ1v) is 7.55. The highest BCUT2D eigenvalue weighted by Gasteiger charge is 2.20. The topological polar surface area (TPSA) is 4.93 Å². The standard InChI is InChI=1S/C19H19N/c1-2-9-16(10-3-1)19-13-17-11-4-5-12-18(17)20(19)14-15-7-6-8-15/h1-5,9-13,15H,6-8,14H2. The van der Waals surface area contributed by atoms with E-state index in [0.717, 1.165) is 12.5 Å². The number of hydrogen-bond donors (Lipinski definition) is 0. The molecule has 0 atom stereocenters. The van der Waals surface area contributed by atoms with Crippen LogP contribution < -0.4 is 0 Å². The van der Waals surface area contributed by atoms with Gasteiger partial charge in [0.05, 0.1) is 0 Å². The smallest absolute Gasteiger partial charge is 0.0491 e. The second kappa shape index (κ2) is 4.82. The fourth-order valence-electron chi connectivity index (χ4n) is 3.19. The highest BCUT2D eigenvalue weighted by molar-refractivity contribution is 5.87. The van der Waals surface area contributed by atoms with E-state index in [2.05, 4.69) is 65.2 Å². The second-order valence-corrected chi connectivity index (χ2v) is 5.86. The third kappa shape index (κ3) is 1.94. The average molecular weight is 261 g/mol. The van der Waals surface area contributed by atoms with Gasteiger partial charge in [0.2, 0.25) is 0 Å². The first-order chi connectivity index (χ1) is 9.92. The number of aromatic nitrogens is 1. The molecule has 1 nitrogen and oxygen atoms in total. The van der Waals surface area contributed by atoms with Gasteiger partial charge < -0.3 is 4.57 Å². The Labute approximate surface area is 119 Å². The molecule has 2 aromatic carbocycles. The van der Waals surface area contributed by atoms with Crippen LogP contribution in [0, 0.1) is 5.92 Å². The Morgan fingerprint density at radius 2 is 1.65 bits per heavy atom. The molecule has 1 heteroatoms. The maximum absolute atomic E-state index is 2.52. The van der Waals surface area contributed by atoms with E-state index in [-0.39, 0.29) is 0 Å². The molecule has 4 rings (SSSR count). The summed E-state index contributed by atoms with van der Waals surface area (Å²) in [6.45, 7) is 1.16. The van der Waals surface area contributed by atoms with Crippen LogP contribution in [0.3, 0.4) is 0 Å². The summed E-state index contributed by atoms with van der Waals surface area (Å²) >= 11 is 0. The van der Waals surface area contributed by atoms with Gasteiger partial charge >= 0.3 is 0 Å². The Kier molecular flexibility index (Phi) is 2.84. The van der Waals surface area contributed by atoms with Crippen LogP contribution in [0.1, 0.15) is 19.3 Å². The van der Waals surface area contributed by atoms with Crippen LogP contribution >= 0.6 is 0 Å². The summed E-state index contributed by atoms with van der Waals surface area (Å²) in [4.78, 5) is 0. The maximum Gasteiger partial charge on any atom is 0.0491 e. The highest BCUT2D eigenvalue weighted by atomic mass is 15.0. The first kappa shape index (κ1) is 11.8. The van der Waals surface area contributed by atoms with Gasteiger partial charge in [0.25, 0.3) is 0 Å². The van der Waals surface area contributed by atoms with Crippen LogP contribution in [0.25, 0.3) is 22.2 Å². The fraction of sp³-hybridized carbons (Fsp3) is 0.263. The quantitative estimate of drug-likeness (QED) is 0.617. The lowest BCUT2D eigenvalue weighted by Gasteiger charge is -2.27.